The Hall–Kier alpha value is -2.36. The van der Waals surface area contributed by atoms with Crippen LogP contribution < -0.4 is 0 Å². The van der Waals surface area contributed by atoms with E-state index in [1.54, 1.807) is 4.90 Å². The molecule has 0 heterocycles. The van der Waals surface area contributed by atoms with Crippen LogP contribution in [0.5, 0.6) is 0 Å². The predicted octanol–water partition coefficient (Wildman–Crippen LogP) is 3.36. The number of methoxy groups -OCH3 is 1. The van der Waals surface area contributed by atoms with Crippen LogP contribution in [0.4, 0.5) is 0 Å². The third kappa shape index (κ3) is 4.82. The largest absolute Gasteiger partial charge is 0.469 e. The smallest absolute Gasteiger partial charge is 0.309 e. The summed E-state index contributed by atoms with van der Waals surface area (Å²) < 4.78 is 4.71. The van der Waals surface area contributed by atoms with Gasteiger partial charge in [0.15, 0.2) is 0 Å². The van der Waals surface area contributed by atoms with E-state index < -0.39 is 0 Å². The highest BCUT2D eigenvalue weighted by Crippen LogP contribution is 2.19. The Kier molecular flexibility index (Phi) is 6.36. The van der Waals surface area contributed by atoms with Crippen molar-refractivity contribution in [2.75, 3.05) is 20.7 Å². The van der Waals surface area contributed by atoms with Gasteiger partial charge in [-0.15, -0.1) is 0 Å². The molecule has 2 rings (SSSR count). The number of carbonyl (C=O) groups excluding carboxylic acids is 2. The average molecular weight is 327 g/mol. The molecule has 0 spiro atoms. The highest BCUT2D eigenvalue weighted by atomic mass is 16.5. The minimum Gasteiger partial charge on any atom is -0.469 e. The zero-order valence-electron chi connectivity index (χ0n) is 14.7. The summed E-state index contributed by atoms with van der Waals surface area (Å²) in [5.74, 6) is -0.119. The Labute approximate surface area is 143 Å². The van der Waals surface area contributed by atoms with Crippen LogP contribution in [0.2, 0.25) is 0 Å². The van der Waals surface area contributed by atoms with Crippen LogP contribution in [-0.4, -0.2) is 37.5 Å². The summed E-state index contributed by atoms with van der Waals surface area (Å²) in [4.78, 5) is 25.5. The highest BCUT2D eigenvalue weighted by molar-refractivity contribution is 5.87. The predicted molar refractivity (Wildman–Crippen MR) is 95.9 cm³/mol. The summed E-state index contributed by atoms with van der Waals surface area (Å²) in [5, 5.41) is 2.14. The molecule has 24 heavy (non-hydrogen) atoms. The van der Waals surface area contributed by atoms with E-state index >= 15 is 0 Å². The molecule has 0 aliphatic carbocycles. The lowest BCUT2D eigenvalue weighted by Crippen LogP contribution is -2.29. The van der Waals surface area contributed by atoms with Gasteiger partial charge in [-0.2, -0.15) is 0 Å². The van der Waals surface area contributed by atoms with Gasteiger partial charge >= 0.3 is 5.97 Å². The van der Waals surface area contributed by atoms with E-state index in [9.17, 15) is 9.59 Å². The van der Waals surface area contributed by atoms with Gasteiger partial charge in [0.05, 0.1) is 20.0 Å². The van der Waals surface area contributed by atoms with Gasteiger partial charge in [-0.3, -0.25) is 9.59 Å². The van der Waals surface area contributed by atoms with Crippen molar-refractivity contribution >= 4 is 22.6 Å². The molecule has 0 fully saturated rings. The second kappa shape index (κ2) is 8.48. The van der Waals surface area contributed by atoms with Crippen molar-refractivity contribution in [2.24, 2.45) is 0 Å². The number of rotatable bonds is 7. The third-order valence-corrected chi connectivity index (χ3v) is 4.17. The van der Waals surface area contributed by atoms with Gasteiger partial charge in [0, 0.05) is 13.6 Å². The quantitative estimate of drug-likeness (QED) is 0.733. The first-order valence-electron chi connectivity index (χ1n) is 8.36. The maximum Gasteiger partial charge on any atom is 0.309 e. The summed E-state index contributed by atoms with van der Waals surface area (Å²) in [6.07, 6.45) is 2.76. The molecule has 0 aromatic heterocycles. The molecule has 0 aliphatic rings. The van der Waals surface area contributed by atoms with Crippen molar-refractivity contribution in [3.63, 3.8) is 0 Å². The molecule has 4 nitrogen and oxygen atoms in total. The lowest BCUT2D eigenvalue weighted by Gasteiger charge is -2.16. The van der Waals surface area contributed by atoms with E-state index in [1.807, 2.05) is 43.4 Å². The van der Waals surface area contributed by atoms with Crippen molar-refractivity contribution in [3.05, 3.63) is 47.5 Å². The number of ether oxygens (including phenoxy) is 1. The zero-order chi connectivity index (χ0) is 17.5. The number of esters is 1. The SMILES string of the molecule is CCCCN(C)C(=O)Cc1ccc2ccc(CC(=O)OC)cc2c1. The highest BCUT2D eigenvalue weighted by Gasteiger charge is 2.10. The van der Waals surface area contributed by atoms with E-state index in [1.165, 1.54) is 7.11 Å². The first-order chi connectivity index (χ1) is 11.5. The van der Waals surface area contributed by atoms with Gasteiger partial charge < -0.3 is 9.64 Å². The van der Waals surface area contributed by atoms with Crippen molar-refractivity contribution in [2.45, 2.75) is 32.6 Å². The van der Waals surface area contributed by atoms with Gasteiger partial charge in [-0.1, -0.05) is 49.7 Å². The fraction of sp³-hybridized carbons (Fsp3) is 0.400. The summed E-state index contributed by atoms with van der Waals surface area (Å²) >= 11 is 0. The number of nitrogens with zero attached hydrogens (tertiary/aromatic N) is 1. The minimum absolute atomic E-state index is 0.133. The van der Waals surface area contributed by atoms with Crippen LogP contribution in [0, 0.1) is 0 Å². The molecule has 2 aromatic rings. The lowest BCUT2D eigenvalue weighted by molar-refractivity contribution is -0.139. The molecular formula is C20H25NO3. The van der Waals surface area contributed by atoms with Crippen LogP contribution in [0.25, 0.3) is 10.8 Å². The number of amides is 1. The maximum absolute atomic E-state index is 12.3. The summed E-state index contributed by atoms with van der Waals surface area (Å²) in [7, 11) is 3.25. The van der Waals surface area contributed by atoms with E-state index in [4.69, 9.17) is 4.74 Å². The van der Waals surface area contributed by atoms with Crippen LogP contribution in [0.3, 0.4) is 0 Å². The number of likely N-dealkylation sites (N-methyl/N-ethyl adjacent to an activating group) is 1. The Morgan fingerprint density at radius 2 is 1.62 bits per heavy atom. The molecule has 4 heteroatoms. The first kappa shape index (κ1) is 18.0. The topological polar surface area (TPSA) is 46.6 Å². The fourth-order valence-electron chi connectivity index (χ4n) is 2.63. The van der Waals surface area contributed by atoms with Crippen molar-refractivity contribution in [3.8, 4) is 0 Å². The monoisotopic (exact) mass is 327 g/mol. The molecular weight excluding hydrogens is 302 g/mol. The molecule has 0 saturated carbocycles. The summed E-state index contributed by atoms with van der Waals surface area (Å²) in [5.41, 5.74) is 1.91. The van der Waals surface area contributed by atoms with E-state index in [0.29, 0.717) is 6.42 Å². The van der Waals surface area contributed by atoms with Crippen LogP contribution in [0.15, 0.2) is 36.4 Å². The zero-order valence-corrected chi connectivity index (χ0v) is 14.7. The minimum atomic E-state index is -0.252. The fourth-order valence-corrected chi connectivity index (χ4v) is 2.63. The number of hydrogen-bond donors (Lipinski definition) is 0. The normalized spacial score (nSPS) is 10.6. The molecule has 0 aliphatic heterocycles. The second-order valence-electron chi connectivity index (χ2n) is 6.11. The van der Waals surface area contributed by atoms with Crippen LogP contribution >= 0.6 is 0 Å². The van der Waals surface area contributed by atoms with Gasteiger partial charge in [-0.25, -0.2) is 0 Å². The Morgan fingerprint density at radius 3 is 2.21 bits per heavy atom. The molecule has 0 unspecified atom stereocenters. The average Bonchev–Trinajstić information content (AvgIpc) is 2.59. The van der Waals surface area contributed by atoms with Crippen molar-refractivity contribution in [1.29, 1.82) is 0 Å². The van der Waals surface area contributed by atoms with Crippen LogP contribution in [-0.2, 0) is 27.2 Å². The maximum atomic E-state index is 12.3. The standard InChI is InChI=1S/C20H25NO3/c1-4-5-10-21(2)19(22)13-15-6-8-17-9-7-16(12-18(17)11-15)14-20(23)24-3/h6-9,11-12H,4-5,10,13-14H2,1-3H3. The van der Waals surface area contributed by atoms with E-state index in [2.05, 4.69) is 6.92 Å². The third-order valence-electron chi connectivity index (χ3n) is 4.17. The molecule has 2 aromatic carbocycles. The molecule has 0 radical (unpaired) electrons. The number of unbranched alkanes of at least 4 members (excludes halogenated alkanes) is 1. The molecule has 128 valence electrons. The van der Waals surface area contributed by atoms with E-state index in [0.717, 1.165) is 41.3 Å². The van der Waals surface area contributed by atoms with Gasteiger partial charge in [0.1, 0.15) is 0 Å². The number of fused-ring (bicyclic) bond motifs is 1. The molecule has 0 N–H and O–H groups in total. The van der Waals surface area contributed by atoms with E-state index in [-0.39, 0.29) is 18.3 Å². The van der Waals surface area contributed by atoms with Gasteiger partial charge in [0.25, 0.3) is 0 Å². The molecule has 1 amide bonds. The molecule has 0 atom stereocenters. The first-order valence-corrected chi connectivity index (χ1v) is 8.36. The molecule has 0 bridgehead atoms. The van der Waals surface area contributed by atoms with Crippen molar-refractivity contribution in [1.82, 2.24) is 4.90 Å². The Bertz CT molecular complexity index is 724. The number of benzene rings is 2. The Morgan fingerprint density at radius 1 is 1.00 bits per heavy atom. The van der Waals surface area contributed by atoms with Gasteiger partial charge in [-0.05, 0) is 28.3 Å². The number of hydrogen-bond acceptors (Lipinski definition) is 3. The lowest BCUT2D eigenvalue weighted by atomic mass is 10.0. The second-order valence-corrected chi connectivity index (χ2v) is 6.11. The number of carbonyl (C=O) groups is 2. The van der Waals surface area contributed by atoms with Gasteiger partial charge in [0.2, 0.25) is 5.91 Å². The summed E-state index contributed by atoms with van der Waals surface area (Å²) in [6.45, 7) is 2.92. The summed E-state index contributed by atoms with van der Waals surface area (Å²) in [6, 6.07) is 12.0. The molecule has 0 saturated heterocycles. The van der Waals surface area contributed by atoms with Crippen LogP contribution in [0.1, 0.15) is 30.9 Å². The van der Waals surface area contributed by atoms with Crippen molar-refractivity contribution < 1.29 is 14.3 Å². The Balaban J connectivity index is 2.14.